The van der Waals surface area contributed by atoms with Crippen molar-refractivity contribution in [3.8, 4) is 0 Å². The number of aliphatic hydroxyl groups is 4. The molecule has 0 radical (unpaired) electrons. The molecular formula is C16H26NNaO12. The molecule has 2 heterocycles. The molecule has 0 spiro atoms. The van der Waals surface area contributed by atoms with Gasteiger partial charge in [0.15, 0.2) is 12.6 Å². The zero-order chi connectivity index (χ0) is 21.9. The Hall–Kier alpha value is -0.420. The molecule has 2 aliphatic rings. The van der Waals surface area contributed by atoms with Crippen molar-refractivity contribution in [2.24, 2.45) is 0 Å². The summed E-state index contributed by atoms with van der Waals surface area (Å²) in [6.45, 7) is 0.541. The molecule has 0 aliphatic carbocycles. The molecule has 0 saturated carbocycles. The van der Waals surface area contributed by atoms with E-state index < -0.39 is 79.8 Å². The number of nitrogens with one attached hydrogen (secondary N) is 1. The van der Waals surface area contributed by atoms with Crippen LogP contribution < -0.4 is 40.0 Å². The number of aliphatic hydroxyl groups excluding tert-OH is 4. The van der Waals surface area contributed by atoms with E-state index in [-0.39, 0.29) is 29.6 Å². The van der Waals surface area contributed by atoms with Gasteiger partial charge in [0.05, 0.1) is 12.6 Å². The number of rotatable bonds is 7. The molecule has 2 rings (SSSR count). The van der Waals surface area contributed by atoms with Crippen LogP contribution in [0.3, 0.4) is 0 Å². The maximum absolute atomic E-state index is 11.6. The monoisotopic (exact) mass is 447 g/mol. The Kier molecular flexibility index (Phi) is 11.0. The summed E-state index contributed by atoms with van der Waals surface area (Å²) in [7, 11) is 2.39. The van der Waals surface area contributed by atoms with Gasteiger partial charge in [-0.3, -0.25) is 4.79 Å². The molecule has 5 N–H and O–H groups in total. The molecule has 7 unspecified atom stereocenters. The summed E-state index contributed by atoms with van der Waals surface area (Å²) in [4.78, 5) is 23.1. The molecule has 0 bridgehead atoms. The number of amides is 1. The molecule has 2 fully saturated rings. The molecule has 168 valence electrons. The zero-order valence-corrected chi connectivity index (χ0v) is 19.0. The topological polar surface area (TPSA) is 196 Å². The molecule has 0 aromatic heterocycles. The third kappa shape index (κ3) is 5.88. The average Bonchev–Trinajstić information content (AvgIpc) is 2.67. The minimum Gasteiger partial charge on any atom is -0.547 e. The number of hydrogen-bond donors (Lipinski definition) is 5. The van der Waals surface area contributed by atoms with Crippen LogP contribution in [0.1, 0.15) is 6.92 Å². The van der Waals surface area contributed by atoms with E-state index in [0.29, 0.717) is 0 Å². The van der Waals surface area contributed by atoms with E-state index >= 15 is 0 Å². The largest absolute Gasteiger partial charge is 1.00 e. The van der Waals surface area contributed by atoms with Crippen molar-refractivity contribution in [3.63, 3.8) is 0 Å². The second-order valence-electron chi connectivity index (χ2n) is 6.70. The first-order valence-corrected chi connectivity index (χ1v) is 8.81. The Bertz CT molecular complexity index is 582. The Morgan fingerprint density at radius 1 is 1.00 bits per heavy atom. The first kappa shape index (κ1) is 27.6. The standard InChI is InChI=1S/C16H27NO12.Na/c1-5(19)17-7-11(25-2)8(20)6(4-18)27-15(7)28-12-9(21)10(22)16(26-3)29-13(12)14(23)24;/h6-13,15-16,18,20-22H,4H2,1-3H3,(H,17,19)(H,23,24);/q;+1/p-1/t6?,7?,8?,9?,10?,11-,12+,13?,15+,16?;/m1./s1. The fourth-order valence-electron chi connectivity index (χ4n) is 3.38. The van der Waals surface area contributed by atoms with Gasteiger partial charge in [-0.1, -0.05) is 0 Å². The molecule has 1 amide bonds. The van der Waals surface area contributed by atoms with Crippen molar-refractivity contribution in [2.45, 2.75) is 68.3 Å². The summed E-state index contributed by atoms with van der Waals surface area (Å²) in [6.07, 6.45) is -13.6. The molecular weight excluding hydrogens is 421 g/mol. The third-order valence-corrected chi connectivity index (χ3v) is 4.80. The minimum absolute atomic E-state index is 0. The number of carbonyl (C=O) groups is 2. The normalized spacial score (nSPS) is 41.6. The molecule has 2 aliphatic heterocycles. The predicted octanol–water partition coefficient (Wildman–Crippen LogP) is -8.18. The number of aliphatic carboxylic acids is 1. The quantitative estimate of drug-likeness (QED) is 0.232. The number of ether oxygens (including phenoxy) is 5. The number of carboxylic acids is 1. The van der Waals surface area contributed by atoms with Crippen molar-refractivity contribution in [1.29, 1.82) is 0 Å². The molecule has 30 heavy (non-hydrogen) atoms. The Balaban J connectivity index is 0.00000450. The summed E-state index contributed by atoms with van der Waals surface area (Å²) in [5.74, 6) is -2.29. The van der Waals surface area contributed by atoms with E-state index in [9.17, 15) is 35.1 Å². The second kappa shape index (κ2) is 12.0. The van der Waals surface area contributed by atoms with Gasteiger partial charge in [-0.15, -0.1) is 0 Å². The van der Waals surface area contributed by atoms with E-state index in [1.54, 1.807) is 0 Å². The molecule has 0 aromatic carbocycles. The molecule has 2 saturated heterocycles. The van der Waals surface area contributed by atoms with Crippen LogP contribution in [0.4, 0.5) is 0 Å². The summed E-state index contributed by atoms with van der Waals surface area (Å²) in [6, 6.07) is -1.15. The number of methoxy groups -OCH3 is 2. The van der Waals surface area contributed by atoms with Crippen molar-refractivity contribution in [2.75, 3.05) is 20.8 Å². The fourth-order valence-corrected chi connectivity index (χ4v) is 3.38. The zero-order valence-electron chi connectivity index (χ0n) is 17.0. The van der Waals surface area contributed by atoms with Crippen LogP contribution in [0.25, 0.3) is 0 Å². The first-order chi connectivity index (χ1) is 13.7. The molecule has 14 heteroatoms. The predicted molar refractivity (Wildman–Crippen MR) is 87.7 cm³/mol. The Labute approximate surface area is 194 Å². The van der Waals surface area contributed by atoms with Gasteiger partial charge in [0.25, 0.3) is 0 Å². The van der Waals surface area contributed by atoms with E-state index in [1.807, 2.05) is 0 Å². The molecule has 13 nitrogen and oxygen atoms in total. The van der Waals surface area contributed by atoms with E-state index in [4.69, 9.17) is 23.7 Å². The minimum atomic E-state index is -1.86. The van der Waals surface area contributed by atoms with Crippen LogP contribution in [-0.2, 0) is 33.3 Å². The van der Waals surface area contributed by atoms with Crippen LogP contribution in [0.2, 0.25) is 0 Å². The van der Waals surface area contributed by atoms with Crippen LogP contribution in [0.5, 0.6) is 0 Å². The van der Waals surface area contributed by atoms with Gasteiger partial charge in [-0.25, -0.2) is 0 Å². The van der Waals surface area contributed by atoms with Crippen LogP contribution in [0, 0.1) is 0 Å². The summed E-state index contributed by atoms with van der Waals surface area (Å²) < 4.78 is 26.1. The number of carbonyl (C=O) groups excluding carboxylic acids is 2. The SMILES string of the molecule is COC1OC(C(=O)[O-])[C@@H](O[C@@H]2OC(CO)C(O)[C@H](OC)C2NC(C)=O)C(O)C1O.[Na+]. The summed E-state index contributed by atoms with van der Waals surface area (Å²) in [5.41, 5.74) is 0. The van der Waals surface area contributed by atoms with Gasteiger partial charge < -0.3 is 59.3 Å². The maximum atomic E-state index is 11.6. The Morgan fingerprint density at radius 3 is 2.10 bits per heavy atom. The van der Waals surface area contributed by atoms with E-state index in [1.165, 1.54) is 14.0 Å². The smallest absolute Gasteiger partial charge is 0.547 e. The van der Waals surface area contributed by atoms with Crippen LogP contribution >= 0.6 is 0 Å². The van der Waals surface area contributed by atoms with Crippen molar-refractivity contribution < 1.29 is 88.4 Å². The Morgan fingerprint density at radius 2 is 1.63 bits per heavy atom. The van der Waals surface area contributed by atoms with Gasteiger partial charge in [0, 0.05) is 21.1 Å². The van der Waals surface area contributed by atoms with E-state index in [0.717, 1.165) is 7.11 Å². The summed E-state index contributed by atoms with van der Waals surface area (Å²) >= 11 is 0. The van der Waals surface area contributed by atoms with Crippen molar-refractivity contribution >= 4 is 11.9 Å². The van der Waals surface area contributed by atoms with Crippen molar-refractivity contribution in [3.05, 3.63) is 0 Å². The number of hydrogen-bond acceptors (Lipinski definition) is 12. The van der Waals surface area contributed by atoms with Gasteiger partial charge in [-0.2, -0.15) is 0 Å². The average molecular weight is 447 g/mol. The maximum Gasteiger partial charge on any atom is 1.00 e. The second-order valence-corrected chi connectivity index (χ2v) is 6.70. The van der Waals surface area contributed by atoms with Crippen LogP contribution in [-0.4, -0.2) is 114 Å². The third-order valence-electron chi connectivity index (χ3n) is 4.80. The van der Waals surface area contributed by atoms with Gasteiger partial charge in [0.1, 0.15) is 48.8 Å². The van der Waals surface area contributed by atoms with Gasteiger partial charge in [0.2, 0.25) is 5.91 Å². The molecule has 0 aromatic rings. The molecule has 10 atom stereocenters. The van der Waals surface area contributed by atoms with E-state index in [2.05, 4.69) is 5.32 Å². The van der Waals surface area contributed by atoms with Gasteiger partial charge in [-0.05, 0) is 0 Å². The fraction of sp³-hybridized carbons (Fsp3) is 0.875. The van der Waals surface area contributed by atoms with Crippen molar-refractivity contribution in [1.82, 2.24) is 5.32 Å². The first-order valence-electron chi connectivity index (χ1n) is 8.81. The van der Waals surface area contributed by atoms with Crippen LogP contribution in [0.15, 0.2) is 0 Å². The number of carboxylic acid groups (broad SMARTS) is 1. The summed E-state index contributed by atoms with van der Waals surface area (Å²) in [5, 5.41) is 54.1. The van der Waals surface area contributed by atoms with Gasteiger partial charge >= 0.3 is 29.6 Å².